The number of aromatic nitrogens is 3. The van der Waals surface area contributed by atoms with E-state index >= 15 is 0 Å². The Morgan fingerprint density at radius 1 is 0.870 bits per heavy atom. The molecule has 3 fully saturated rings. The van der Waals surface area contributed by atoms with E-state index in [1.54, 1.807) is 14.2 Å². The van der Waals surface area contributed by atoms with Gasteiger partial charge in [0.15, 0.2) is 0 Å². The van der Waals surface area contributed by atoms with Gasteiger partial charge < -0.3 is 26.7 Å². The van der Waals surface area contributed by atoms with Gasteiger partial charge in [-0.05, 0) is 0 Å². The maximum Gasteiger partial charge on any atom is 0.673 e. The first-order valence-electron chi connectivity index (χ1n) is 7.06. The van der Waals surface area contributed by atoms with Crippen LogP contribution in [0.3, 0.4) is 0 Å². The van der Waals surface area contributed by atoms with E-state index in [0.717, 1.165) is 49.7 Å². The average Bonchev–Trinajstić information content (AvgIpc) is 2.54. The number of hydrogen-bond acceptors (Lipinski definition) is 6. The molecule has 0 atom stereocenters. The number of hydrogen-bond donors (Lipinski definition) is 0. The van der Waals surface area contributed by atoms with Crippen LogP contribution in [0.4, 0.5) is 23.2 Å². The van der Waals surface area contributed by atoms with Crippen LogP contribution < -0.4 is 14.0 Å². The summed E-state index contributed by atoms with van der Waals surface area (Å²) in [5.74, 6) is 0.776. The fourth-order valence-electron chi connectivity index (χ4n) is 2.69. The lowest BCUT2D eigenvalue weighted by molar-refractivity contribution is 0.0618. The van der Waals surface area contributed by atoms with Gasteiger partial charge in [0.05, 0.1) is 33.9 Å². The smallest absolute Gasteiger partial charge is 0.466 e. The van der Waals surface area contributed by atoms with Gasteiger partial charge >= 0.3 is 25.2 Å². The van der Waals surface area contributed by atoms with Gasteiger partial charge in [0.25, 0.3) is 0 Å². The van der Waals surface area contributed by atoms with E-state index in [0.29, 0.717) is 12.0 Å². The molecular formula is C11H18BF4N5O2. The van der Waals surface area contributed by atoms with E-state index in [4.69, 9.17) is 9.47 Å². The molecule has 0 aliphatic carbocycles. The van der Waals surface area contributed by atoms with Gasteiger partial charge in [0.1, 0.15) is 0 Å². The highest BCUT2D eigenvalue weighted by Crippen LogP contribution is 2.27. The molecule has 7 nitrogen and oxygen atoms in total. The molecule has 2 bridgehead atoms. The number of ether oxygens (including phenoxy) is 2. The number of methoxy groups -OCH3 is 2. The Balaban J connectivity index is 0.000000338. The quantitative estimate of drug-likeness (QED) is 0.462. The first kappa shape index (κ1) is 17.7. The number of piperazine rings is 3. The van der Waals surface area contributed by atoms with E-state index in [9.17, 15) is 17.3 Å². The molecular weight excluding hydrogens is 321 g/mol. The lowest BCUT2D eigenvalue weighted by Gasteiger charge is -2.48. The fraction of sp³-hybridized carbons (Fsp3) is 0.727. The van der Waals surface area contributed by atoms with E-state index in [1.807, 2.05) is 0 Å². The normalized spacial score (nSPS) is 26.3. The first-order valence-corrected chi connectivity index (χ1v) is 7.06. The topological polar surface area (TPSA) is 60.4 Å². The van der Waals surface area contributed by atoms with Crippen LogP contribution in [0.15, 0.2) is 0 Å². The van der Waals surface area contributed by atoms with Crippen molar-refractivity contribution in [2.45, 2.75) is 0 Å². The van der Waals surface area contributed by atoms with Gasteiger partial charge in [-0.15, -0.1) is 15.0 Å². The number of nitrogens with zero attached hydrogens (tertiary/aromatic N) is 5. The summed E-state index contributed by atoms with van der Waals surface area (Å²) in [7, 11) is -2.88. The average molecular weight is 339 g/mol. The van der Waals surface area contributed by atoms with E-state index in [-0.39, 0.29) is 0 Å². The zero-order valence-corrected chi connectivity index (χ0v) is 12.9. The molecule has 3 aliphatic rings. The van der Waals surface area contributed by atoms with Crippen molar-refractivity contribution < 1.29 is 26.7 Å². The predicted molar refractivity (Wildman–Crippen MR) is 76.0 cm³/mol. The van der Waals surface area contributed by atoms with Gasteiger partial charge in [-0.3, -0.25) is 9.38 Å². The molecule has 3 saturated heterocycles. The minimum absolute atomic E-state index is 0.331. The van der Waals surface area contributed by atoms with E-state index < -0.39 is 7.25 Å². The van der Waals surface area contributed by atoms with Crippen molar-refractivity contribution in [1.82, 2.24) is 24.3 Å². The molecule has 4 heterocycles. The third-order valence-electron chi connectivity index (χ3n) is 3.90. The molecule has 130 valence electrons. The summed E-state index contributed by atoms with van der Waals surface area (Å²) in [6.07, 6.45) is 0. The van der Waals surface area contributed by atoms with Gasteiger partial charge in [0, 0.05) is 19.6 Å². The van der Waals surface area contributed by atoms with Crippen LogP contribution in [0.1, 0.15) is 0 Å². The number of rotatable bonds is 3. The Bertz CT molecular complexity index is 498. The second-order valence-electron chi connectivity index (χ2n) is 5.26. The minimum atomic E-state index is -6.00. The van der Waals surface area contributed by atoms with Crippen molar-refractivity contribution in [3.05, 3.63) is 0 Å². The second-order valence-corrected chi connectivity index (χ2v) is 5.26. The zero-order valence-electron chi connectivity index (χ0n) is 12.9. The number of quaternary nitrogens is 1. The van der Waals surface area contributed by atoms with Crippen molar-refractivity contribution in [2.24, 2.45) is 0 Å². The van der Waals surface area contributed by atoms with Crippen LogP contribution in [0.5, 0.6) is 12.0 Å². The van der Waals surface area contributed by atoms with Crippen molar-refractivity contribution in [3.8, 4) is 12.0 Å². The summed E-state index contributed by atoms with van der Waals surface area (Å²) in [5.41, 5.74) is 0. The minimum Gasteiger partial charge on any atom is -0.466 e. The molecule has 0 saturated carbocycles. The van der Waals surface area contributed by atoms with E-state index in [1.165, 1.54) is 0 Å². The van der Waals surface area contributed by atoms with Crippen molar-refractivity contribution in [3.63, 3.8) is 0 Å². The van der Waals surface area contributed by atoms with Crippen LogP contribution in [-0.2, 0) is 0 Å². The monoisotopic (exact) mass is 339 g/mol. The third-order valence-corrected chi connectivity index (χ3v) is 3.90. The summed E-state index contributed by atoms with van der Waals surface area (Å²) >= 11 is 0. The zero-order chi connectivity index (χ0) is 17.1. The SMILES string of the molecule is COc1nc(OC)nc([N+]23CCN(CC2)CC3)n1.F[B-](F)(F)F. The highest BCUT2D eigenvalue weighted by atomic mass is 19.5. The third kappa shape index (κ3) is 4.64. The van der Waals surface area contributed by atoms with E-state index in [2.05, 4.69) is 19.9 Å². The number of halogens is 4. The molecule has 3 aliphatic heterocycles. The lowest BCUT2D eigenvalue weighted by Crippen LogP contribution is -2.69. The highest BCUT2D eigenvalue weighted by Gasteiger charge is 2.43. The molecule has 0 unspecified atom stereocenters. The summed E-state index contributed by atoms with van der Waals surface area (Å²) in [5, 5.41) is 0. The first-order chi connectivity index (χ1) is 10.8. The van der Waals surface area contributed by atoms with Gasteiger partial charge in [-0.25, -0.2) is 0 Å². The largest absolute Gasteiger partial charge is 0.673 e. The fourth-order valence-corrected chi connectivity index (χ4v) is 2.69. The highest BCUT2D eigenvalue weighted by molar-refractivity contribution is 6.50. The Kier molecular flexibility index (Phi) is 5.24. The molecule has 1 aromatic heterocycles. The summed E-state index contributed by atoms with van der Waals surface area (Å²) in [6, 6.07) is 0.662. The molecule has 12 heteroatoms. The van der Waals surface area contributed by atoms with Crippen molar-refractivity contribution >= 4 is 13.2 Å². The molecule has 0 N–H and O–H groups in total. The lowest BCUT2D eigenvalue weighted by atomic mass is 10.1. The maximum atomic E-state index is 9.75. The molecule has 0 spiro atoms. The van der Waals surface area contributed by atoms with Gasteiger partial charge in [-0.2, -0.15) is 0 Å². The Hall–Kier alpha value is -1.69. The molecule has 0 amide bonds. The summed E-state index contributed by atoms with van der Waals surface area (Å²) in [4.78, 5) is 15.4. The summed E-state index contributed by atoms with van der Waals surface area (Å²) in [6.45, 7) is 6.48. The Labute approximate surface area is 130 Å². The van der Waals surface area contributed by atoms with Gasteiger partial charge in [0.2, 0.25) is 0 Å². The van der Waals surface area contributed by atoms with Crippen LogP contribution in [0.25, 0.3) is 0 Å². The van der Waals surface area contributed by atoms with Crippen LogP contribution in [-0.4, -0.2) is 80.6 Å². The number of fused-ring (bicyclic) bond motifs is 3. The van der Waals surface area contributed by atoms with Gasteiger partial charge in [-0.1, -0.05) is 0 Å². The maximum absolute atomic E-state index is 9.75. The Morgan fingerprint density at radius 3 is 1.61 bits per heavy atom. The predicted octanol–water partition coefficient (Wildman–Crippen LogP) is 0.825. The molecule has 0 radical (unpaired) electrons. The second kappa shape index (κ2) is 6.83. The van der Waals surface area contributed by atoms with Crippen molar-refractivity contribution in [1.29, 1.82) is 0 Å². The van der Waals surface area contributed by atoms with Crippen LogP contribution >= 0.6 is 0 Å². The molecule has 23 heavy (non-hydrogen) atoms. The summed E-state index contributed by atoms with van der Waals surface area (Å²) < 4.78 is 50.1. The van der Waals surface area contributed by atoms with Crippen molar-refractivity contribution in [2.75, 3.05) is 53.5 Å². The van der Waals surface area contributed by atoms with Crippen LogP contribution in [0.2, 0.25) is 0 Å². The molecule has 1 aromatic rings. The molecule has 0 aromatic carbocycles. The molecule has 4 rings (SSSR count). The Morgan fingerprint density at radius 2 is 1.26 bits per heavy atom. The standard InChI is InChI=1S/C11H18N5O2.BF4/c1-17-10-12-9(13-11(14-10)18-2)16-6-3-15(4-7-16)5-8-16;2-1(3,4)5/h3-8H2,1-2H3;/q+1;-1. The van der Waals surface area contributed by atoms with Crippen LogP contribution in [0, 0.1) is 0 Å².